The fraction of sp³-hybridized carbons (Fsp3) is 0. The number of aromatic hydroxyl groups is 1. The fourth-order valence-electron chi connectivity index (χ4n) is 2.85. The van der Waals surface area contributed by atoms with Gasteiger partial charge in [0.05, 0.1) is 0 Å². The number of nitrogens with two attached hydrogens (primary N) is 1. The maximum atomic E-state index is 14.3. The molecule has 4 aromatic rings. The van der Waals surface area contributed by atoms with Crippen molar-refractivity contribution in [1.29, 1.82) is 0 Å². The molecule has 0 aliphatic rings. The lowest BCUT2D eigenvalue weighted by atomic mass is 10.2. The number of carbonyl (C=O) groups is 1. The van der Waals surface area contributed by atoms with E-state index in [2.05, 4.69) is 15.0 Å². The highest BCUT2D eigenvalue weighted by atomic mass is 19.1. The van der Waals surface area contributed by atoms with Crippen LogP contribution in [0.2, 0.25) is 0 Å². The Morgan fingerprint density at radius 3 is 2.43 bits per heavy atom. The van der Waals surface area contributed by atoms with Gasteiger partial charge >= 0.3 is 5.69 Å². The Morgan fingerprint density at radius 2 is 1.79 bits per heavy atom. The van der Waals surface area contributed by atoms with E-state index >= 15 is 0 Å². The maximum Gasteiger partial charge on any atom is 0.332 e. The molecule has 4 rings (SSSR count). The largest absolute Gasteiger partial charge is 0.508 e. The number of H-pyrrole nitrogens is 1. The summed E-state index contributed by atoms with van der Waals surface area (Å²) in [5.41, 5.74) is 3.34. The number of phenolic OH excluding ortho intramolecular Hbond substituents is 1. The second kappa shape index (κ2) is 6.27. The van der Waals surface area contributed by atoms with E-state index in [1.54, 1.807) is 6.07 Å². The van der Waals surface area contributed by atoms with E-state index in [9.17, 15) is 23.5 Å². The quantitative estimate of drug-likeness (QED) is 0.498. The second-order valence-corrected chi connectivity index (χ2v) is 5.84. The van der Waals surface area contributed by atoms with Crippen molar-refractivity contribution < 1.29 is 18.7 Å². The molecule has 0 aliphatic carbocycles. The van der Waals surface area contributed by atoms with Gasteiger partial charge in [-0.15, -0.1) is 0 Å². The number of nitrogens with one attached hydrogen (secondary N) is 1. The number of rotatable bonds is 3. The molecule has 0 aliphatic heterocycles. The van der Waals surface area contributed by atoms with Gasteiger partial charge in [0.1, 0.15) is 28.6 Å². The van der Waals surface area contributed by atoms with Crippen molar-refractivity contribution in [2.45, 2.75) is 0 Å². The lowest BCUT2D eigenvalue weighted by molar-refractivity contribution is 0.0997. The number of benzene rings is 2. The van der Waals surface area contributed by atoms with Gasteiger partial charge in [-0.2, -0.15) is 0 Å². The number of fused-ring (bicyclic) bond motifs is 1. The van der Waals surface area contributed by atoms with E-state index in [0.29, 0.717) is 10.1 Å². The summed E-state index contributed by atoms with van der Waals surface area (Å²) in [6, 6.07) is 8.91. The predicted molar refractivity (Wildman–Crippen MR) is 95.0 cm³/mol. The standard InChI is InChI=1S/C18H11F2N5O3/c19-10-5-2-6-11(20)14(10)25-17-13(23-18(25)28)12(15(21)27)22-16(24-17)8-3-1-4-9(26)7-8/h1-7,26H,(H2,21,27)(H,23,28). The zero-order valence-corrected chi connectivity index (χ0v) is 14.0. The van der Waals surface area contributed by atoms with Crippen LogP contribution in [0, 0.1) is 11.6 Å². The highest BCUT2D eigenvalue weighted by Gasteiger charge is 2.23. The molecule has 0 fully saturated rings. The monoisotopic (exact) mass is 383 g/mol. The Bertz CT molecular complexity index is 1290. The van der Waals surface area contributed by atoms with Crippen LogP contribution in [0.4, 0.5) is 8.78 Å². The van der Waals surface area contributed by atoms with Crippen molar-refractivity contribution in [2.24, 2.45) is 5.73 Å². The van der Waals surface area contributed by atoms with Crippen LogP contribution < -0.4 is 11.4 Å². The number of phenols is 1. The van der Waals surface area contributed by atoms with Crippen molar-refractivity contribution in [2.75, 3.05) is 0 Å². The smallest absolute Gasteiger partial charge is 0.332 e. The minimum atomic E-state index is -0.999. The molecule has 0 spiro atoms. The Hall–Kier alpha value is -4.08. The summed E-state index contributed by atoms with van der Waals surface area (Å²) in [5, 5.41) is 9.67. The molecule has 0 unspecified atom stereocenters. The summed E-state index contributed by atoms with van der Waals surface area (Å²) in [7, 11) is 0. The van der Waals surface area contributed by atoms with Crippen LogP contribution in [0.5, 0.6) is 5.75 Å². The molecule has 0 atom stereocenters. The third kappa shape index (κ3) is 2.67. The molecule has 10 heteroatoms. The minimum absolute atomic E-state index is 0.0679. The molecular weight excluding hydrogens is 372 g/mol. The number of primary amides is 1. The van der Waals surface area contributed by atoms with Gasteiger partial charge in [-0.05, 0) is 24.3 Å². The Balaban J connectivity index is 2.12. The number of nitrogens with zero attached hydrogens (tertiary/aromatic N) is 3. The van der Waals surface area contributed by atoms with Crippen molar-refractivity contribution in [3.05, 3.63) is 70.3 Å². The summed E-state index contributed by atoms with van der Waals surface area (Å²) in [6.45, 7) is 0. The molecule has 0 saturated heterocycles. The first kappa shape index (κ1) is 17.3. The van der Waals surface area contributed by atoms with Gasteiger partial charge in [-0.3, -0.25) is 4.79 Å². The normalized spacial score (nSPS) is 11.1. The number of carbonyl (C=O) groups excluding carboxylic acids is 1. The van der Waals surface area contributed by atoms with Crippen molar-refractivity contribution in [3.8, 4) is 22.8 Å². The highest BCUT2D eigenvalue weighted by Crippen LogP contribution is 2.25. The zero-order chi connectivity index (χ0) is 20.0. The highest BCUT2D eigenvalue weighted by molar-refractivity contribution is 6.02. The molecule has 0 radical (unpaired) electrons. The number of halogens is 2. The molecule has 8 nitrogen and oxygen atoms in total. The molecular formula is C18H11F2N5O3. The van der Waals surface area contributed by atoms with E-state index in [1.165, 1.54) is 18.2 Å². The number of hydrogen-bond donors (Lipinski definition) is 3. The Labute approximate surface area is 154 Å². The van der Waals surface area contributed by atoms with E-state index < -0.39 is 28.9 Å². The molecule has 28 heavy (non-hydrogen) atoms. The predicted octanol–water partition coefficient (Wildman–Crippen LogP) is 1.86. The molecule has 2 aromatic carbocycles. The number of aromatic amines is 1. The first-order chi connectivity index (χ1) is 13.4. The maximum absolute atomic E-state index is 14.3. The number of hydrogen-bond acceptors (Lipinski definition) is 5. The first-order valence-corrected chi connectivity index (χ1v) is 7.93. The van der Waals surface area contributed by atoms with Crippen molar-refractivity contribution in [3.63, 3.8) is 0 Å². The average molecular weight is 383 g/mol. The van der Waals surface area contributed by atoms with Gasteiger partial charge in [0.25, 0.3) is 5.91 Å². The number of para-hydroxylation sites is 1. The summed E-state index contributed by atoms with van der Waals surface area (Å²) < 4.78 is 29.2. The van der Waals surface area contributed by atoms with Crippen LogP contribution in [0.1, 0.15) is 10.5 Å². The van der Waals surface area contributed by atoms with Crippen molar-refractivity contribution in [1.82, 2.24) is 19.5 Å². The summed E-state index contributed by atoms with van der Waals surface area (Å²) in [6.07, 6.45) is 0. The third-order valence-electron chi connectivity index (χ3n) is 4.04. The van der Waals surface area contributed by atoms with Gasteiger partial charge < -0.3 is 15.8 Å². The van der Waals surface area contributed by atoms with Crippen LogP contribution in [-0.2, 0) is 0 Å². The topological polar surface area (TPSA) is 127 Å². The van der Waals surface area contributed by atoms with Crippen LogP contribution in [0.3, 0.4) is 0 Å². The van der Waals surface area contributed by atoms with Gasteiger partial charge in [0.2, 0.25) is 0 Å². The van der Waals surface area contributed by atoms with Crippen LogP contribution in [-0.4, -0.2) is 30.5 Å². The first-order valence-electron chi connectivity index (χ1n) is 7.93. The van der Waals surface area contributed by atoms with Crippen LogP contribution in [0.25, 0.3) is 28.2 Å². The van der Waals surface area contributed by atoms with Crippen LogP contribution >= 0.6 is 0 Å². The molecule has 4 N–H and O–H groups in total. The van der Waals surface area contributed by atoms with Gasteiger partial charge in [-0.1, -0.05) is 18.2 Å². The van der Waals surface area contributed by atoms with Gasteiger partial charge in [0, 0.05) is 5.56 Å². The van der Waals surface area contributed by atoms with Gasteiger partial charge in [0.15, 0.2) is 17.2 Å². The van der Waals surface area contributed by atoms with Crippen LogP contribution in [0.15, 0.2) is 47.3 Å². The lowest BCUT2D eigenvalue weighted by Gasteiger charge is -2.08. The number of aromatic nitrogens is 4. The summed E-state index contributed by atoms with van der Waals surface area (Å²) >= 11 is 0. The number of imidazole rings is 1. The minimum Gasteiger partial charge on any atom is -0.508 e. The van der Waals surface area contributed by atoms with E-state index in [-0.39, 0.29) is 28.4 Å². The van der Waals surface area contributed by atoms with Crippen molar-refractivity contribution >= 4 is 17.1 Å². The Morgan fingerprint density at radius 1 is 1.11 bits per heavy atom. The fourth-order valence-corrected chi connectivity index (χ4v) is 2.85. The lowest BCUT2D eigenvalue weighted by Crippen LogP contribution is -2.17. The second-order valence-electron chi connectivity index (χ2n) is 5.84. The molecule has 140 valence electrons. The molecule has 0 saturated carbocycles. The van der Waals surface area contributed by atoms with E-state index in [1.807, 2.05) is 0 Å². The number of amides is 1. The summed E-state index contributed by atoms with van der Waals surface area (Å²) in [5.74, 6) is -3.13. The zero-order valence-electron chi connectivity index (χ0n) is 14.0. The average Bonchev–Trinajstić information content (AvgIpc) is 2.96. The van der Waals surface area contributed by atoms with E-state index in [0.717, 1.165) is 18.2 Å². The SMILES string of the molecule is NC(=O)c1nc(-c2cccc(O)c2)nc2c1[nH]c(=O)n2-c1c(F)cccc1F. The Kier molecular flexibility index (Phi) is 3.88. The molecule has 0 bridgehead atoms. The molecule has 1 amide bonds. The third-order valence-corrected chi connectivity index (χ3v) is 4.04. The van der Waals surface area contributed by atoms with E-state index in [4.69, 9.17) is 5.73 Å². The van der Waals surface area contributed by atoms with Gasteiger partial charge in [-0.25, -0.2) is 28.1 Å². The molecule has 2 aromatic heterocycles. The summed E-state index contributed by atoms with van der Waals surface area (Å²) in [4.78, 5) is 34.8. The molecule has 2 heterocycles.